The van der Waals surface area contributed by atoms with Crippen molar-refractivity contribution in [2.45, 2.75) is 25.3 Å². The fraction of sp³-hybridized carbons (Fsp3) is 0.889. The van der Waals surface area contributed by atoms with Crippen LogP contribution in [-0.2, 0) is 4.79 Å². The first-order valence-corrected chi connectivity index (χ1v) is 4.75. The Balaban J connectivity index is 2.06. The molecule has 2 fully saturated rings. The molecule has 0 bridgehead atoms. The van der Waals surface area contributed by atoms with E-state index >= 15 is 0 Å². The third kappa shape index (κ3) is 1.33. The molecule has 3 heteroatoms. The van der Waals surface area contributed by atoms with Crippen molar-refractivity contribution in [3.8, 4) is 0 Å². The highest BCUT2D eigenvalue weighted by Crippen LogP contribution is 2.20. The first-order valence-electron chi connectivity index (χ1n) is 4.75. The third-order valence-corrected chi connectivity index (χ3v) is 2.88. The molecule has 0 aromatic carbocycles. The monoisotopic (exact) mass is 168 g/mol. The number of hydrogen-bond acceptors (Lipinski definition) is 2. The molecule has 0 spiro atoms. The number of piperidine rings is 1. The number of likely N-dealkylation sites (N-methyl/N-ethyl adjacent to an activating group) is 1. The van der Waals surface area contributed by atoms with E-state index in [4.69, 9.17) is 0 Å². The van der Waals surface area contributed by atoms with Gasteiger partial charge in [-0.15, -0.1) is 0 Å². The number of rotatable bonds is 0. The largest absolute Gasteiger partial charge is 0.337 e. The van der Waals surface area contributed by atoms with Crippen molar-refractivity contribution in [3.63, 3.8) is 0 Å². The Kier molecular flexibility index (Phi) is 2.05. The minimum atomic E-state index is 0.327. The van der Waals surface area contributed by atoms with Gasteiger partial charge in [-0.1, -0.05) is 0 Å². The lowest BCUT2D eigenvalue weighted by molar-refractivity contribution is -0.140. The van der Waals surface area contributed by atoms with Gasteiger partial charge in [0, 0.05) is 19.1 Å². The lowest BCUT2D eigenvalue weighted by Crippen LogP contribution is -2.56. The predicted molar refractivity (Wildman–Crippen MR) is 46.8 cm³/mol. The van der Waals surface area contributed by atoms with Gasteiger partial charge in [0.15, 0.2) is 0 Å². The van der Waals surface area contributed by atoms with Gasteiger partial charge in [0.25, 0.3) is 0 Å². The Bertz CT molecular complexity index is 193. The van der Waals surface area contributed by atoms with Crippen LogP contribution in [0.3, 0.4) is 0 Å². The number of carbonyl (C=O) groups is 1. The first kappa shape index (κ1) is 8.05. The van der Waals surface area contributed by atoms with E-state index in [1.54, 1.807) is 0 Å². The zero-order chi connectivity index (χ0) is 8.55. The highest BCUT2D eigenvalue weighted by Gasteiger charge is 2.31. The summed E-state index contributed by atoms with van der Waals surface area (Å²) in [6.07, 6.45) is 3.70. The van der Waals surface area contributed by atoms with Gasteiger partial charge >= 0.3 is 0 Å². The van der Waals surface area contributed by atoms with Crippen LogP contribution in [0.2, 0.25) is 0 Å². The van der Waals surface area contributed by atoms with Crippen LogP contribution in [-0.4, -0.2) is 48.4 Å². The minimum Gasteiger partial charge on any atom is -0.337 e. The molecule has 2 rings (SSSR count). The SMILES string of the molecule is CN1CC(=O)N2CCCC[C@@H]2C1. The molecular formula is C9H16N2O. The molecule has 0 aliphatic carbocycles. The van der Waals surface area contributed by atoms with Crippen LogP contribution in [0.15, 0.2) is 0 Å². The van der Waals surface area contributed by atoms with E-state index in [0.29, 0.717) is 18.5 Å². The van der Waals surface area contributed by atoms with Crippen LogP contribution in [0.5, 0.6) is 0 Å². The number of hydrogen-bond donors (Lipinski definition) is 0. The van der Waals surface area contributed by atoms with Crippen molar-refractivity contribution in [1.29, 1.82) is 0 Å². The molecule has 0 radical (unpaired) electrons. The van der Waals surface area contributed by atoms with Crippen molar-refractivity contribution in [1.82, 2.24) is 9.80 Å². The number of fused-ring (bicyclic) bond motifs is 1. The first-order chi connectivity index (χ1) is 5.77. The summed E-state index contributed by atoms with van der Waals surface area (Å²) in [5.74, 6) is 0.327. The molecule has 3 nitrogen and oxygen atoms in total. The molecule has 0 N–H and O–H groups in total. The van der Waals surface area contributed by atoms with E-state index in [0.717, 1.165) is 13.1 Å². The van der Waals surface area contributed by atoms with Crippen LogP contribution in [0.1, 0.15) is 19.3 Å². The van der Waals surface area contributed by atoms with Crippen molar-refractivity contribution in [3.05, 3.63) is 0 Å². The second-order valence-electron chi connectivity index (χ2n) is 3.93. The van der Waals surface area contributed by atoms with Gasteiger partial charge < -0.3 is 4.90 Å². The average molecular weight is 168 g/mol. The zero-order valence-electron chi connectivity index (χ0n) is 7.62. The van der Waals surface area contributed by atoms with Crippen LogP contribution in [0.25, 0.3) is 0 Å². The molecule has 2 aliphatic rings. The Morgan fingerprint density at radius 1 is 1.42 bits per heavy atom. The Morgan fingerprint density at radius 3 is 3.08 bits per heavy atom. The molecule has 68 valence electrons. The van der Waals surface area contributed by atoms with Crippen molar-refractivity contribution in [2.24, 2.45) is 0 Å². The standard InChI is InChI=1S/C9H16N2O/c1-10-6-8-4-2-3-5-11(8)9(12)7-10/h8H,2-7H2,1H3/t8-/m1/s1. The molecule has 1 atom stereocenters. The number of piperazine rings is 1. The van der Waals surface area contributed by atoms with Crippen LogP contribution in [0.4, 0.5) is 0 Å². The fourth-order valence-electron chi connectivity index (χ4n) is 2.26. The lowest BCUT2D eigenvalue weighted by Gasteiger charge is -2.42. The Morgan fingerprint density at radius 2 is 2.25 bits per heavy atom. The maximum absolute atomic E-state index is 11.5. The molecular weight excluding hydrogens is 152 g/mol. The van der Waals surface area contributed by atoms with Crippen LogP contribution in [0, 0.1) is 0 Å². The molecule has 0 saturated carbocycles. The van der Waals surface area contributed by atoms with E-state index in [2.05, 4.69) is 9.80 Å². The van der Waals surface area contributed by atoms with Gasteiger partial charge in [-0.2, -0.15) is 0 Å². The number of carbonyl (C=O) groups excluding carboxylic acids is 1. The molecule has 0 aromatic heterocycles. The summed E-state index contributed by atoms with van der Waals surface area (Å²) in [6, 6.07) is 0.519. The normalized spacial score (nSPS) is 31.9. The summed E-state index contributed by atoms with van der Waals surface area (Å²) in [7, 11) is 2.03. The van der Waals surface area contributed by atoms with Gasteiger partial charge in [0.1, 0.15) is 0 Å². The molecule has 0 aromatic rings. The van der Waals surface area contributed by atoms with Crippen molar-refractivity contribution < 1.29 is 4.79 Å². The van der Waals surface area contributed by atoms with E-state index < -0.39 is 0 Å². The molecule has 2 saturated heterocycles. The van der Waals surface area contributed by atoms with Crippen LogP contribution >= 0.6 is 0 Å². The zero-order valence-corrected chi connectivity index (χ0v) is 7.62. The summed E-state index contributed by atoms with van der Waals surface area (Å²) in [4.78, 5) is 15.7. The Hall–Kier alpha value is -0.570. The summed E-state index contributed by atoms with van der Waals surface area (Å²) in [5.41, 5.74) is 0. The quantitative estimate of drug-likeness (QED) is 0.520. The highest BCUT2D eigenvalue weighted by atomic mass is 16.2. The third-order valence-electron chi connectivity index (χ3n) is 2.88. The molecule has 2 aliphatic heterocycles. The Labute approximate surface area is 73.3 Å². The number of amides is 1. The lowest BCUT2D eigenvalue weighted by atomic mass is 9.99. The summed E-state index contributed by atoms with van der Waals surface area (Å²) in [6.45, 7) is 2.69. The predicted octanol–water partition coefficient (Wildman–Crippen LogP) is 0.313. The molecule has 12 heavy (non-hydrogen) atoms. The van der Waals surface area contributed by atoms with Crippen molar-refractivity contribution in [2.75, 3.05) is 26.7 Å². The van der Waals surface area contributed by atoms with Gasteiger partial charge in [0.05, 0.1) is 6.54 Å². The summed E-state index contributed by atoms with van der Waals surface area (Å²) >= 11 is 0. The van der Waals surface area contributed by atoms with E-state index in [1.165, 1.54) is 19.3 Å². The number of nitrogens with zero attached hydrogens (tertiary/aromatic N) is 2. The van der Waals surface area contributed by atoms with Gasteiger partial charge in [-0.05, 0) is 26.3 Å². The molecule has 2 heterocycles. The molecule has 1 amide bonds. The fourth-order valence-corrected chi connectivity index (χ4v) is 2.26. The maximum atomic E-state index is 11.5. The van der Waals surface area contributed by atoms with Crippen molar-refractivity contribution >= 4 is 5.91 Å². The van der Waals surface area contributed by atoms with Crippen LogP contribution < -0.4 is 0 Å². The highest BCUT2D eigenvalue weighted by molar-refractivity contribution is 5.79. The second kappa shape index (κ2) is 3.05. The topological polar surface area (TPSA) is 23.6 Å². The minimum absolute atomic E-state index is 0.327. The van der Waals surface area contributed by atoms with E-state index in [9.17, 15) is 4.79 Å². The summed E-state index contributed by atoms with van der Waals surface area (Å²) < 4.78 is 0. The van der Waals surface area contributed by atoms with Gasteiger partial charge in [-0.25, -0.2) is 0 Å². The van der Waals surface area contributed by atoms with E-state index in [-0.39, 0.29) is 0 Å². The second-order valence-corrected chi connectivity index (χ2v) is 3.93. The van der Waals surface area contributed by atoms with Gasteiger partial charge in [0.2, 0.25) is 5.91 Å². The smallest absolute Gasteiger partial charge is 0.237 e. The summed E-state index contributed by atoms with van der Waals surface area (Å²) in [5, 5.41) is 0. The molecule has 0 unspecified atom stereocenters. The van der Waals surface area contributed by atoms with E-state index in [1.807, 2.05) is 7.05 Å². The average Bonchev–Trinajstić information content (AvgIpc) is 2.04. The maximum Gasteiger partial charge on any atom is 0.237 e. The van der Waals surface area contributed by atoms with Gasteiger partial charge in [-0.3, -0.25) is 9.69 Å².